The molecular formula is C14H19NO5S. The standard InChI is InChI=1S/C14H19NO5S/c1-15(13(16)9-21-10-14(17)18)7-8-20-12-5-3-11(19-2)4-6-12/h3-6H,7-10H2,1-2H3,(H,17,18). The minimum atomic E-state index is -0.918. The first-order valence-corrected chi connectivity index (χ1v) is 7.48. The number of rotatable bonds is 9. The Morgan fingerprint density at radius 3 is 2.38 bits per heavy atom. The van der Waals surface area contributed by atoms with Crippen LogP contribution in [0.25, 0.3) is 0 Å². The molecule has 0 radical (unpaired) electrons. The van der Waals surface area contributed by atoms with Gasteiger partial charge in [0.1, 0.15) is 18.1 Å². The third-order valence-corrected chi connectivity index (χ3v) is 3.53. The maximum atomic E-state index is 11.7. The largest absolute Gasteiger partial charge is 0.497 e. The van der Waals surface area contributed by atoms with Crippen molar-refractivity contribution in [1.29, 1.82) is 0 Å². The molecule has 0 aliphatic rings. The lowest BCUT2D eigenvalue weighted by Crippen LogP contribution is -2.32. The summed E-state index contributed by atoms with van der Waals surface area (Å²) in [5, 5.41) is 8.50. The average Bonchev–Trinajstić information content (AvgIpc) is 2.47. The highest BCUT2D eigenvalue weighted by Gasteiger charge is 2.09. The van der Waals surface area contributed by atoms with E-state index in [2.05, 4.69) is 0 Å². The van der Waals surface area contributed by atoms with E-state index >= 15 is 0 Å². The monoisotopic (exact) mass is 313 g/mol. The Kier molecular flexibility index (Phi) is 7.45. The first-order chi connectivity index (χ1) is 10.0. The van der Waals surface area contributed by atoms with Gasteiger partial charge in [0, 0.05) is 7.05 Å². The zero-order valence-electron chi connectivity index (χ0n) is 12.1. The van der Waals surface area contributed by atoms with Crippen LogP contribution in [0.2, 0.25) is 0 Å². The number of benzene rings is 1. The Balaban J connectivity index is 2.23. The molecule has 116 valence electrons. The summed E-state index contributed by atoms with van der Waals surface area (Å²) in [6.45, 7) is 0.816. The Hall–Kier alpha value is -1.89. The minimum Gasteiger partial charge on any atom is -0.497 e. The van der Waals surface area contributed by atoms with Crippen molar-refractivity contribution in [3.63, 3.8) is 0 Å². The molecule has 1 rings (SSSR count). The Bertz CT molecular complexity index is 463. The number of carboxylic acids is 1. The molecule has 6 nitrogen and oxygen atoms in total. The van der Waals surface area contributed by atoms with Gasteiger partial charge < -0.3 is 19.5 Å². The summed E-state index contributed by atoms with van der Waals surface area (Å²) in [6, 6.07) is 7.19. The van der Waals surface area contributed by atoms with Crippen molar-refractivity contribution in [3.8, 4) is 11.5 Å². The van der Waals surface area contributed by atoms with Crippen LogP contribution in [-0.4, -0.2) is 60.7 Å². The number of aliphatic carboxylic acids is 1. The number of methoxy groups -OCH3 is 1. The normalized spacial score (nSPS) is 10.0. The van der Waals surface area contributed by atoms with Crippen LogP contribution in [-0.2, 0) is 9.59 Å². The SMILES string of the molecule is COc1ccc(OCCN(C)C(=O)CSCC(=O)O)cc1. The molecule has 7 heteroatoms. The average molecular weight is 313 g/mol. The maximum absolute atomic E-state index is 11.7. The van der Waals surface area contributed by atoms with E-state index in [-0.39, 0.29) is 17.4 Å². The Morgan fingerprint density at radius 1 is 1.19 bits per heavy atom. The molecule has 1 aromatic carbocycles. The van der Waals surface area contributed by atoms with E-state index < -0.39 is 5.97 Å². The number of carbonyl (C=O) groups excluding carboxylic acids is 1. The van der Waals surface area contributed by atoms with Gasteiger partial charge in [0.05, 0.1) is 25.2 Å². The Labute approximate surface area is 128 Å². The topological polar surface area (TPSA) is 76.1 Å². The zero-order valence-corrected chi connectivity index (χ0v) is 12.9. The van der Waals surface area contributed by atoms with Crippen LogP contribution in [0.5, 0.6) is 11.5 Å². The van der Waals surface area contributed by atoms with Gasteiger partial charge in [0.25, 0.3) is 0 Å². The number of hydrogen-bond donors (Lipinski definition) is 1. The maximum Gasteiger partial charge on any atom is 0.313 e. The molecule has 0 heterocycles. The van der Waals surface area contributed by atoms with Crippen molar-refractivity contribution < 1.29 is 24.2 Å². The van der Waals surface area contributed by atoms with Crippen LogP contribution in [0.3, 0.4) is 0 Å². The first kappa shape index (κ1) is 17.2. The molecule has 0 unspecified atom stereocenters. The predicted octanol–water partition coefficient (Wildman–Crippen LogP) is 1.35. The van der Waals surface area contributed by atoms with Crippen molar-refractivity contribution in [2.45, 2.75) is 0 Å². The molecule has 0 saturated heterocycles. The van der Waals surface area contributed by atoms with E-state index in [0.29, 0.717) is 18.9 Å². The fourth-order valence-corrected chi connectivity index (χ4v) is 2.10. The minimum absolute atomic E-state index is 0.0675. The molecule has 21 heavy (non-hydrogen) atoms. The van der Waals surface area contributed by atoms with Gasteiger partial charge in [0.15, 0.2) is 0 Å². The summed E-state index contributed by atoms with van der Waals surface area (Å²) in [4.78, 5) is 23.6. The third-order valence-electron chi connectivity index (χ3n) is 2.63. The van der Waals surface area contributed by atoms with Crippen molar-refractivity contribution in [2.24, 2.45) is 0 Å². The molecule has 0 aliphatic carbocycles. The second kappa shape index (κ2) is 9.12. The van der Waals surface area contributed by atoms with E-state index in [1.54, 1.807) is 38.4 Å². The number of hydrogen-bond acceptors (Lipinski definition) is 5. The van der Waals surface area contributed by atoms with E-state index in [9.17, 15) is 9.59 Å². The predicted molar refractivity (Wildman–Crippen MR) is 81.1 cm³/mol. The third kappa shape index (κ3) is 6.89. The van der Waals surface area contributed by atoms with E-state index in [1.807, 2.05) is 0 Å². The van der Waals surface area contributed by atoms with Crippen LogP contribution in [0, 0.1) is 0 Å². The summed E-state index contributed by atoms with van der Waals surface area (Å²) in [5.74, 6) is 0.521. The molecule has 1 aromatic rings. The highest BCUT2D eigenvalue weighted by Crippen LogP contribution is 2.16. The number of carbonyl (C=O) groups is 2. The van der Waals surface area contributed by atoms with Gasteiger partial charge in [-0.25, -0.2) is 0 Å². The van der Waals surface area contributed by atoms with Crippen LogP contribution >= 0.6 is 11.8 Å². The fourth-order valence-electron chi connectivity index (χ4n) is 1.43. The molecule has 0 fully saturated rings. The second-order valence-electron chi connectivity index (χ2n) is 4.23. The summed E-state index contributed by atoms with van der Waals surface area (Å²) in [6.07, 6.45) is 0. The molecule has 0 bridgehead atoms. The molecule has 0 atom stereocenters. The van der Waals surface area contributed by atoms with Gasteiger partial charge >= 0.3 is 5.97 Å². The van der Waals surface area contributed by atoms with Crippen LogP contribution < -0.4 is 9.47 Å². The summed E-state index contributed by atoms with van der Waals surface area (Å²) in [7, 11) is 3.26. The number of carboxylic acid groups (broad SMARTS) is 1. The van der Waals surface area contributed by atoms with Gasteiger partial charge in [-0.2, -0.15) is 0 Å². The van der Waals surface area contributed by atoms with Gasteiger partial charge in [-0.1, -0.05) is 0 Å². The summed E-state index contributed by atoms with van der Waals surface area (Å²) in [5.41, 5.74) is 0. The van der Waals surface area contributed by atoms with Crippen molar-refractivity contribution in [2.75, 3.05) is 38.8 Å². The lowest BCUT2D eigenvalue weighted by Gasteiger charge is -2.17. The van der Waals surface area contributed by atoms with Crippen LogP contribution in [0.15, 0.2) is 24.3 Å². The van der Waals surface area contributed by atoms with Gasteiger partial charge in [-0.3, -0.25) is 9.59 Å². The van der Waals surface area contributed by atoms with Gasteiger partial charge in [-0.15, -0.1) is 11.8 Å². The molecule has 0 spiro atoms. The van der Waals surface area contributed by atoms with Gasteiger partial charge in [0.2, 0.25) is 5.91 Å². The lowest BCUT2D eigenvalue weighted by atomic mass is 10.3. The highest BCUT2D eigenvalue weighted by molar-refractivity contribution is 8.00. The highest BCUT2D eigenvalue weighted by atomic mass is 32.2. The molecule has 1 N–H and O–H groups in total. The van der Waals surface area contributed by atoms with E-state index in [4.69, 9.17) is 14.6 Å². The first-order valence-electron chi connectivity index (χ1n) is 6.33. The quantitative estimate of drug-likeness (QED) is 0.741. The molecule has 0 aromatic heterocycles. The summed E-state index contributed by atoms with van der Waals surface area (Å²) >= 11 is 1.09. The zero-order chi connectivity index (χ0) is 15.7. The van der Waals surface area contributed by atoms with E-state index in [1.165, 1.54) is 4.90 Å². The number of nitrogens with zero attached hydrogens (tertiary/aromatic N) is 1. The van der Waals surface area contributed by atoms with Crippen LogP contribution in [0.1, 0.15) is 0 Å². The van der Waals surface area contributed by atoms with E-state index in [0.717, 1.165) is 17.5 Å². The summed E-state index contributed by atoms with van der Waals surface area (Å²) < 4.78 is 10.6. The Morgan fingerprint density at radius 2 is 1.81 bits per heavy atom. The molecule has 0 aliphatic heterocycles. The molecule has 0 saturated carbocycles. The number of thioether (sulfide) groups is 1. The number of likely N-dealkylation sites (N-methyl/N-ethyl adjacent to an activating group) is 1. The fraction of sp³-hybridized carbons (Fsp3) is 0.429. The van der Waals surface area contributed by atoms with Crippen molar-refractivity contribution >= 4 is 23.6 Å². The second-order valence-corrected chi connectivity index (χ2v) is 5.21. The van der Waals surface area contributed by atoms with Gasteiger partial charge in [-0.05, 0) is 24.3 Å². The molecule has 1 amide bonds. The van der Waals surface area contributed by atoms with Crippen LogP contribution in [0.4, 0.5) is 0 Å². The smallest absolute Gasteiger partial charge is 0.313 e. The number of amides is 1. The van der Waals surface area contributed by atoms with Crippen molar-refractivity contribution in [1.82, 2.24) is 4.90 Å². The molecular weight excluding hydrogens is 294 g/mol. The van der Waals surface area contributed by atoms with Crippen molar-refractivity contribution in [3.05, 3.63) is 24.3 Å². The lowest BCUT2D eigenvalue weighted by molar-refractivity contribution is -0.133. The number of ether oxygens (including phenoxy) is 2.